The highest BCUT2D eigenvalue weighted by Crippen LogP contribution is 2.64. The van der Waals surface area contributed by atoms with E-state index < -0.39 is 39.7 Å². The molecule has 1 amide bonds. The largest absolute Gasteiger partial charge is 0.451 e. The van der Waals surface area contributed by atoms with Gasteiger partial charge in [-0.25, -0.2) is 4.79 Å². The van der Waals surface area contributed by atoms with Crippen LogP contribution in [0.15, 0.2) is 96.1 Å². The fourth-order valence-electron chi connectivity index (χ4n) is 6.13. The second kappa shape index (κ2) is 9.38. The number of hydrazone groups is 1. The minimum Gasteiger partial charge on any atom is -0.451 e. The third kappa shape index (κ3) is 3.80. The predicted octanol–water partition coefficient (Wildman–Crippen LogP) is 4.66. The first kappa shape index (κ1) is 25.4. The number of benzene rings is 3. The minimum atomic E-state index is -1.19. The molecule has 3 aromatic rings. The van der Waals surface area contributed by atoms with Crippen LogP contribution < -0.4 is 5.43 Å². The standard InChI is InChI=1S/C31H29N3O4S/c1-19(35)24-31(25(33-32-24)22-17-11-6-12-18-22)28(37)34-26(30(2,3)39-29(31)34)27(36)38-23(20-13-7-4-8-14-20)21-15-9-5-10-16-21/h4-18,23,25-26,29,33H,1-3H3/t25-,26-,29+,31+/m0/s1. The van der Waals surface area contributed by atoms with E-state index in [9.17, 15) is 14.4 Å². The highest BCUT2D eigenvalue weighted by Gasteiger charge is 2.77. The van der Waals surface area contributed by atoms with Gasteiger partial charge >= 0.3 is 5.97 Å². The minimum absolute atomic E-state index is 0.214. The second-order valence-electron chi connectivity index (χ2n) is 10.7. The molecule has 198 valence electrons. The lowest BCUT2D eigenvalue weighted by Crippen LogP contribution is -2.74. The van der Waals surface area contributed by atoms with Crippen molar-refractivity contribution in [1.82, 2.24) is 10.3 Å². The van der Waals surface area contributed by atoms with Crippen molar-refractivity contribution in [3.05, 3.63) is 108 Å². The quantitative estimate of drug-likeness (QED) is 0.362. The maximum absolute atomic E-state index is 14.2. The average molecular weight is 540 g/mol. The summed E-state index contributed by atoms with van der Waals surface area (Å²) in [4.78, 5) is 42.6. The summed E-state index contributed by atoms with van der Waals surface area (Å²) in [6.07, 6.45) is -0.621. The summed E-state index contributed by atoms with van der Waals surface area (Å²) >= 11 is 1.52. The highest BCUT2D eigenvalue weighted by atomic mass is 32.2. The van der Waals surface area contributed by atoms with Crippen molar-refractivity contribution in [3.63, 3.8) is 0 Å². The second-order valence-corrected chi connectivity index (χ2v) is 12.4. The molecule has 0 unspecified atom stereocenters. The molecular formula is C31H29N3O4S. The lowest BCUT2D eigenvalue weighted by molar-refractivity contribution is -0.174. The number of ketones is 1. The van der Waals surface area contributed by atoms with Crippen molar-refractivity contribution in [2.45, 2.75) is 49.1 Å². The summed E-state index contributed by atoms with van der Waals surface area (Å²) in [6.45, 7) is 5.34. The summed E-state index contributed by atoms with van der Waals surface area (Å²) in [5, 5.41) is 3.91. The van der Waals surface area contributed by atoms with Gasteiger partial charge in [0.2, 0.25) is 5.91 Å². The van der Waals surface area contributed by atoms with Gasteiger partial charge < -0.3 is 15.1 Å². The molecule has 2 saturated heterocycles. The highest BCUT2D eigenvalue weighted by molar-refractivity contribution is 8.01. The molecule has 39 heavy (non-hydrogen) atoms. The zero-order chi connectivity index (χ0) is 27.4. The Morgan fingerprint density at radius 1 is 0.923 bits per heavy atom. The number of esters is 1. The zero-order valence-corrected chi connectivity index (χ0v) is 22.7. The number of carbonyl (C=O) groups is 3. The van der Waals surface area contributed by atoms with Crippen molar-refractivity contribution in [3.8, 4) is 0 Å². The Hall–Kier alpha value is -3.91. The maximum Gasteiger partial charge on any atom is 0.331 e. The van der Waals surface area contributed by atoms with E-state index in [-0.39, 0.29) is 17.4 Å². The molecule has 3 heterocycles. The topological polar surface area (TPSA) is 88.1 Å². The fraction of sp³-hybridized carbons (Fsp3) is 0.290. The van der Waals surface area contributed by atoms with Gasteiger partial charge in [0.05, 0.1) is 6.04 Å². The average Bonchev–Trinajstić information content (AvgIpc) is 3.49. The number of fused-ring (bicyclic) bond motifs is 2. The molecule has 8 heteroatoms. The molecule has 0 aliphatic carbocycles. The number of ether oxygens (including phenoxy) is 1. The van der Waals surface area contributed by atoms with Crippen LogP contribution in [0.4, 0.5) is 0 Å². The Morgan fingerprint density at radius 3 is 2.00 bits per heavy atom. The van der Waals surface area contributed by atoms with Crippen LogP contribution in [0, 0.1) is 5.41 Å². The van der Waals surface area contributed by atoms with Gasteiger partial charge in [0.25, 0.3) is 0 Å². The molecule has 3 aliphatic rings. The molecule has 0 radical (unpaired) electrons. The van der Waals surface area contributed by atoms with Crippen molar-refractivity contribution in [1.29, 1.82) is 0 Å². The molecule has 0 aromatic heterocycles. The van der Waals surface area contributed by atoms with E-state index in [0.29, 0.717) is 0 Å². The fourth-order valence-corrected chi connectivity index (χ4v) is 7.91. The number of hydrogen-bond donors (Lipinski definition) is 1. The first-order chi connectivity index (χ1) is 18.8. The van der Waals surface area contributed by atoms with Crippen LogP contribution in [-0.4, -0.2) is 44.4 Å². The molecule has 7 nitrogen and oxygen atoms in total. The summed E-state index contributed by atoms with van der Waals surface area (Å²) in [6, 6.07) is 27.4. The van der Waals surface area contributed by atoms with E-state index in [1.54, 1.807) is 4.90 Å². The van der Waals surface area contributed by atoms with Gasteiger partial charge in [-0.2, -0.15) is 5.10 Å². The molecule has 4 atom stereocenters. The van der Waals surface area contributed by atoms with Gasteiger partial charge in [-0.15, -0.1) is 11.8 Å². The number of hydrogen-bond acceptors (Lipinski definition) is 7. The summed E-state index contributed by atoms with van der Waals surface area (Å²) in [7, 11) is 0. The van der Waals surface area contributed by atoms with Crippen molar-refractivity contribution < 1.29 is 19.1 Å². The maximum atomic E-state index is 14.2. The number of nitrogens with zero attached hydrogens (tertiary/aromatic N) is 2. The van der Waals surface area contributed by atoms with E-state index in [4.69, 9.17) is 4.74 Å². The first-order valence-electron chi connectivity index (χ1n) is 13.0. The Kier molecular flexibility index (Phi) is 6.10. The summed E-state index contributed by atoms with van der Waals surface area (Å²) in [5.41, 5.74) is 4.65. The number of amides is 1. The number of thioether (sulfide) groups is 1. The van der Waals surface area contributed by atoms with Crippen LogP contribution in [0.25, 0.3) is 0 Å². The van der Waals surface area contributed by atoms with E-state index >= 15 is 0 Å². The van der Waals surface area contributed by atoms with E-state index in [2.05, 4.69) is 10.5 Å². The molecular weight excluding hydrogens is 510 g/mol. The first-order valence-corrected chi connectivity index (χ1v) is 13.9. The van der Waals surface area contributed by atoms with Crippen LogP contribution in [-0.2, 0) is 19.1 Å². The smallest absolute Gasteiger partial charge is 0.331 e. The molecule has 6 rings (SSSR count). The Balaban J connectivity index is 1.36. The number of Topliss-reactive ketones (excluding diaryl/α,β-unsaturated/α-hetero) is 1. The molecule has 0 saturated carbocycles. The predicted molar refractivity (Wildman–Crippen MR) is 150 cm³/mol. The zero-order valence-electron chi connectivity index (χ0n) is 21.9. The third-order valence-electron chi connectivity index (χ3n) is 7.86. The molecule has 0 bridgehead atoms. The number of nitrogens with one attached hydrogen (secondary N) is 1. The molecule has 1 spiro atoms. The summed E-state index contributed by atoms with van der Waals surface area (Å²) < 4.78 is 5.56. The van der Waals surface area contributed by atoms with E-state index in [1.807, 2.05) is 105 Å². The Bertz CT molecular complexity index is 1420. The Labute approximate surface area is 231 Å². The van der Waals surface area contributed by atoms with Crippen LogP contribution in [0.3, 0.4) is 0 Å². The SMILES string of the molecule is CC(=O)C1=NN[C@@H](c2ccccc2)[C@@]12C(=O)N1[C@@H](C(=O)OC(c3ccccc3)c3ccccc3)C(C)(C)S[C@@H]12. The van der Waals surface area contributed by atoms with E-state index in [1.165, 1.54) is 18.7 Å². The van der Waals surface area contributed by atoms with Gasteiger partial charge in [-0.3, -0.25) is 9.59 Å². The van der Waals surface area contributed by atoms with Crippen LogP contribution in [0.5, 0.6) is 0 Å². The van der Waals surface area contributed by atoms with E-state index in [0.717, 1.165) is 16.7 Å². The van der Waals surface area contributed by atoms with Crippen LogP contribution in [0.2, 0.25) is 0 Å². The number of β-lactam (4-membered cyclic amide) rings is 1. The molecule has 1 N–H and O–H groups in total. The molecule has 3 aromatic carbocycles. The van der Waals surface area contributed by atoms with Crippen molar-refractivity contribution in [2.75, 3.05) is 0 Å². The van der Waals surface area contributed by atoms with Gasteiger partial charge in [-0.05, 0) is 30.5 Å². The van der Waals surface area contributed by atoms with Gasteiger partial charge in [0.1, 0.15) is 17.1 Å². The monoisotopic (exact) mass is 539 g/mol. The third-order valence-corrected chi connectivity index (χ3v) is 9.52. The molecule has 3 aliphatic heterocycles. The Morgan fingerprint density at radius 2 is 1.46 bits per heavy atom. The lowest BCUT2D eigenvalue weighted by atomic mass is 9.65. The van der Waals surface area contributed by atoms with Crippen LogP contribution in [0.1, 0.15) is 49.6 Å². The normalized spacial score (nSPS) is 26.6. The van der Waals surface area contributed by atoms with Gasteiger partial charge in [0, 0.05) is 11.7 Å². The van der Waals surface area contributed by atoms with Crippen molar-refractivity contribution >= 4 is 35.1 Å². The number of rotatable bonds is 6. The summed E-state index contributed by atoms with van der Waals surface area (Å²) in [5.74, 6) is -1.01. The lowest BCUT2D eigenvalue weighted by Gasteiger charge is -2.53. The van der Waals surface area contributed by atoms with Gasteiger partial charge in [-0.1, -0.05) is 91.0 Å². The van der Waals surface area contributed by atoms with Crippen LogP contribution >= 0.6 is 11.8 Å². The number of carbonyl (C=O) groups excluding carboxylic acids is 3. The molecule has 2 fully saturated rings. The van der Waals surface area contributed by atoms with Crippen molar-refractivity contribution in [2.24, 2.45) is 10.5 Å². The van der Waals surface area contributed by atoms with Gasteiger partial charge in [0.15, 0.2) is 17.3 Å².